The Hall–Kier alpha value is -1.63. The molecule has 0 aliphatic carbocycles. The molecule has 2 heterocycles. The van der Waals surface area contributed by atoms with E-state index in [0.29, 0.717) is 25.4 Å². The summed E-state index contributed by atoms with van der Waals surface area (Å²) < 4.78 is 8.12. The molecule has 0 spiro atoms. The van der Waals surface area contributed by atoms with Crippen LogP contribution in [0.3, 0.4) is 0 Å². The molecule has 1 aromatic rings. The molecule has 112 valence electrons. The van der Waals surface area contributed by atoms with E-state index in [9.17, 15) is 9.59 Å². The Morgan fingerprint density at radius 3 is 2.90 bits per heavy atom. The number of carbonyl (C=O) groups is 1. The minimum absolute atomic E-state index is 0.0523. The van der Waals surface area contributed by atoms with E-state index in [1.165, 1.54) is 15.6 Å². The van der Waals surface area contributed by atoms with Gasteiger partial charge in [0, 0.05) is 33.7 Å². The summed E-state index contributed by atoms with van der Waals surface area (Å²) in [6.45, 7) is 3.86. The lowest BCUT2D eigenvalue weighted by Crippen LogP contribution is -2.46. The topological polar surface area (TPSA) is 69.4 Å². The summed E-state index contributed by atoms with van der Waals surface area (Å²) in [6.07, 6.45) is 2.80. The van der Waals surface area contributed by atoms with Crippen molar-refractivity contribution in [1.29, 1.82) is 0 Å². The number of aryl methyl sites for hydroxylation is 2. The summed E-state index contributed by atoms with van der Waals surface area (Å²) >= 11 is 0. The summed E-state index contributed by atoms with van der Waals surface area (Å²) in [4.78, 5) is 25.6. The number of aromatic nitrogens is 3. The molecular weight excluding hydrogens is 260 g/mol. The normalized spacial score (nSPS) is 23.1. The molecule has 1 amide bonds. The van der Waals surface area contributed by atoms with Crippen molar-refractivity contribution in [3.8, 4) is 0 Å². The van der Waals surface area contributed by atoms with Crippen LogP contribution < -0.4 is 5.69 Å². The van der Waals surface area contributed by atoms with Crippen molar-refractivity contribution in [2.24, 2.45) is 13.0 Å². The standard InChI is InChI=1S/C13H22N4O3/c1-10-4-6-16(8-11(10)20-3)12(18)5-7-17-13(19)15(2)9-14-17/h9-11H,4-8H2,1-3H3. The summed E-state index contributed by atoms with van der Waals surface area (Å²) in [5, 5.41) is 3.95. The van der Waals surface area contributed by atoms with Gasteiger partial charge in [-0.15, -0.1) is 0 Å². The van der Waals surface area contributed by atoms with Crippen molar-refractivity contribution in [3.05, 3.63) is 16.8 Å². The van der Waals surface area contributed by atoms with Crippen molar-refractivity contribution >= 4 is 5.91 Å². The van der Waals surface area contributed by atoms with E-state index in [4.69, 9.17) is 4.74 Å². The van der Waals surface area contributed by atoms with Gasteiger partial charge in [-0.2, -0.15) is 5.10 Å². The van der Waals surface area contributed by atoms with Crippen LogP contribution in [-0.4, -0.2) is 51.5 Å². The van der Waals surface area contributed by atoms with Gasteiger partial charge in [0.1, 0.15) is 6.33 Å². The third kappa shape index (κ3) is 3.09. The number of amides is 1. The number of rotatable bonds is 4. The molecule has 0 radical (unpaired) electrons. The maximum atomic E-state index is 12.2. The van der Waals surface area contributed by atoms with Crippen LogP contribution >= 0.6 is 0 Å². The van der Waals surface area contributed by atoms with E-state index in [-0.39, 0.29) is 17.7 Å². The minimum Gasteiger partial charge on any atom is -0.379 e. The van der Waals surface area contributed by atoms with Gasteiger partial charge in [0.05, 0.1) is 12.6 Å². The van der Waals surface area contributed by atoms with E-state index in [1.54, 1.807) is 14.2 Å². The SMILES string of the molecule is COC1CN(C(=O)CCn2ncn(C)c2=O)CCC1C. The van der Waals surface area contributed by atoms with Crippen LogP contribution in [0.15, 0.2) is 11.1 Å². The Bertz CT molecular complexity index is 522. The van der Waals surface area contributed by atoms with E-state index in [1.807, 2.05) is 4.90 Å². The highest BCUT2D eigenvalue weighted by Gasteiger charge is 2.28. The van der Waals surface area contributed by atoms with Crippen molar-refractivity contribution in [1.82, 2.24) is 19.2 Å². The van der Waals surface area contributed by atoms with Crippen LogP contribution in [0.2, 0.25) is 0 Å². The molecule has 2 atom stereocenters. The summed E-state index contributed by atoms with van der Waals surface area (Å²) in [5.74, 6) is 0.527. The largest absolute Gasteiger partial charge is 0.379 e. The lowest BCUT2D eigenvalue weighted by molar-refractivity contribution is -0.136. The molecule has 2 unspecified atom stereocenters. The average Bonchev–Trinajstić information content (AvgIpc) is 2.76. The van der Waals surface area contributed by atoms with Crippen molar-refractivity contribution in [2.45, 2.75) is 32.4 Å². The molecule has 1 aliphatic rings. The molecule has 0 N–H and O–H groups in total. The smallest absolute Gasteiger partial charge is 0.345 e. The highest BCUT2D eigenvalue weighted by Crippen LogP contribution is 2.19. The third-order valence-corrected chi connectivity index (χ3v) is 3.97. The molecule has 7 nitrogen and oxygen atoms in total. The second kappa shape index (κ2) is 6.21. The molecule has 2 rings (SSSR count). The Kier molecular flexibility index (Phi) is 4.59. The summed E-state index contributed by atoms with van der Waals surface area (Å²) in [5.41, 5.74) is -0.195. The number of nitrogens with zero attached hydrogens (tertiary/aromatic N) is 4. The maximum absolute atomic E-state index is 12.2. The number of carbonyl (C=O) groups excluding carboxylic acids is 1. The van der Waals surface area contributed by atoms with Crippen LogP contribution in [0.4, 0.5) is 0 Å². The van der Waals surface area contributed by atoms with Crippen LogP contribution in [0.1, 0.15) is 19.8 Å². The van der Waals surface area contributed by atoms with Gasteiger partial charge < -0.3 is 9.64 Å². The van der Waals surface area contributed by atoms with Gasteiger partial charge in [-0.05, 0) is 12.3 Å². The van der Waals surface area contributed by atoms with E-state index < -0.39 is 0 Å². The zero-order chi connectivity index (χ0) is 14.7. The zero-order valence-electron chi connectivity index (χ0n) is 12.3. The maximum Gasteiger partial charge on any atom is 0.345 e. The van der Waals surface area contributed by atoms with Gasteiger partial charge in [0.25, 0.3) is 0 Å². The molecule has 1 aromatic heterocycles. The molecule has 0 bridgehead atoms. The Morgan fingerprint density at radius 2 is 2.30 bits per heavy atom. The van der Waals surface area contributed by atoms with E-state index in [0.717, 1.165) is 13.0 Å². The predicted molar refractivity (Wildman–Crippen MR) is 73.2 cm³/mol. The molecule has 0 saturated carbocycles. The van der Waals surface area contributed by atoms with Crippen molar-refractivity contribution < 1.29 is 9.53 Å². The minimum atomic E-state index is -0.195. The zero-order valence-corrected chi connectivity index (χ0v) is 12.3. The van der Waals surface area contributed by atoms with E-state index in [2.05, 4.69) is 12.0 Å². The molecule has 1 saturated heterocycles. The second-order valence-corrected chi connectivity index (χ2v) is 5.38. The molecular formula is C13H22N4O3. The number of hydrogen-bond donors (Lipinski definition) is 0. The summed E-state index contributed by atoms with van der Waals surface area (Å²) in [6, 6.07) is 0. The molecule has 20 heavy (non-hydrogen) atoms. The quantitative estimate of drug-likeness (QED) is 0.770. The van der Waals surface area contributed by atoms with Gasteiger partial charge in [0.2, 0.25) is 5.91 Å². The van der Waals surface area contributed by atoms with Crippen LogP contribution in [0.25, 0.3) is 0 Å². The van der Waals surface area contributed by atoms with Gasteiger partial charge >= 0.3 is 5.69 Å². The van der Waals surface area contributed by atoms with Crippen LogP contribution in [-0.2, 0) is 23.1 Å². The fourth-order valence-corrected chi connectivity index (χ4v) is 2.50. The fraction of sp³-hybridized carbons (Fsp3) is 0.769. The number of ether oxygens (including phenoxy) is 1. The first-order valence-electron chi connectivity index (χ1n) is 6.92. The Morgan fingerprint density at radius 1 is 1.55 bits per heavy atom. The highest BCUT2D eigenvalue weighted by molar-refractivity contribution is 5.76. The molecule has 1 fully saturated rings. The number of methoxy groups -OCH3 is 1. The fourth-order valence-electron chi connectivity index (χ4n) is 2.50. The van der Waals surface area contributed by atoms with Gasteiger partial charge in [-0.3, -0.25) is 9.36 Å². The van der Waals surface area contributed by atoms with Gasteiger partial charge in [0.15, 0.2) is 0 Å². The first kappa shape index (κ1) is 14.8. The van der Waals surface area contributed by atoms with Gasteiger partial charge in [-0.1, -0.05) is 6.92 Å². The van der Waals surface area contributed by atoms with E-state index >= 15 is 0 Å². The number of piperidine rings is 1. The first-order valence-corrected chi connectivity index (χ1v) is 6.92. The number of hydrogen-bond acceptors (Lipinski definition) is 4. The molecule has 1 aliphatic heterocycles. The first-order chi connectivity index (χ1) is 9.52. The lowest BCUT2D eigenvalue weighted by atomic mass is 9.95. The van der Waals surface area contributed by atoms with Crippen LogP contribution in [0, 0.1) is 5.92 Å². The van der Waals surface area contributed by atoms with Gasteiger partial charge in [-0.25, -0.2) is 9.48 Å². The lowest BCUT2D eigenvalue weighted by Gasteiger charge is -2.36. The Balaban J connectivity index is 1.89. The van der Waals surface area contributed by atoms with Crippen molar-refractivity contribution in [3.63, 3.8) is 0 Å². The molecule has 0 aromatic carbocycles. The monoisotopic (exact) mass is 282 g/mol. The summed E-state index contributed by atoms with van der Waals surface area (Å²) in [7, 11) is 3.32. The second-order valence-electron chi connectivity index (χ2n) is 5.38. The molecule has 7 heteroatoms. The average molecular weight is 282 g/mol. The number of likely N-dealkylation sites (tertiary alicyclic amines) is 1. The highest BCUT2D eigenvalue weighted by atomic mass is 16.5. The van der Waals surface area contributed by atoms with Crippen LogP contribution in [0.5, 0.6) is 0 Å². The Labute approximate surface area is 118 Å². The predicted octanol–water partition coefficient (Wildman–Crippen LogP) is -0.145. The van der Waals surface area contributed by atoms with Crippen molar-refractivity contribution in [2.75, 3.05) is 20.2 Å². The third-order valence-electron chi connectivity index (χ3n) is 3.97.